The molecule has 0 aromatic heterocycles. The van der Waals surface area contributed by atoms with Crippen molar-refractivity contribution in [2.75, 3.05) is 0 Å². The third kappa shape index (κ3) is 1.42. The highest BCUT2D eigenvalue weighted by molar-refractivity contribution is 5.96. The molecule has 0 radical (unpaired) electrons. The van der Waals surface area contributed by atoms with Crippen molar-refractivity contribution in [2.45, 2.75) is 26.4 Å². The minimum absolute atomic E-state index is 0.00755. The minimum Gasteiger partial charge on any atom is -0.508 e. The summed E-state index contributed by atoms with van der Waals surface area (Å²) in [7, 11) is 0. The fourth-order valence-electron chi connectivity index (χ4n) is 1.79. The van der Waals surface area contributed by atoms with Crippen molar-refractivity contribution in [2.24, 2.45) is 0 Å². The Morgan fingerprint density at radius 3 is 2.80 bits per heavy atom. The third-order valence-corrected chi connectivity index (χ3v) is 2.63. The van der Waals surface area contributed by atoms with Gasteiger partial charge in [-0.25, -0.2) is 4.79 Å². The maximum atomic E-state index is 11.5. The number of hydrogen-bond donors (Lipinski definition) is 2. The minimum atomic E-state index is -0.524. The number of carbonyl (C=O) groups excluding carboxylic acids is 1. The van der Waals surface area contributed by atoms with E-state index in [9.17, 15) is 15.0 Å². The van der Waals surface area contributed by atoms with Crippen molar-refractivity contribution < 1.29 is 19.7 Å². The number of aromatic hydroxyl groups is 2. The molecule has 1 aromatic rings. The van der Waals surface area contributed by atoms with E-state index in [0.29, 0.717) is 17.5 Å². The van der Waals surface area contributed by atoms with Crippen LogP contribution in [0.5, 0.6) is 11.5 Å². The SMILES string of the molecule is Cc1c(O)cc2c(c1O)C(=O)O[C@@H](C)C2. The first-order valence-corrected chi connectivity index (χ1v) is 4.76. The van der Waals surface area contributed by atoms with Crippen molar-refractivity contribution in [3.05, 3.63) is 22.8 Å². The predicted octanol–water partition coefficient (Wildman–Crippen LogP) is 1.51. The number of carbonyl (C=O) groups is 1. The van der Waals surface area contributed by atoms with E-state index in [4.69, 9.17) is 4.74 Å². The molecule has 0 spiro atoms. The van der Waals surface area contributed by atoms with E-state index in [1.54, 1.807) is 13.8 Å². The first-order chi connectivity index (χ1) is 7.00. The van der Waals surface area contributed by atoms with E-state index < -0.39 is 5.97 Å². The Hall–Kier alpha value is -1.71. The molecule has 1 heterocycles. The quantitative estimate of drug-likeness (QED) is 0.634. The van der Waals surface area contributed by atoms with Gasteiger partial charge in [-0.05, 0) is 25.5 Å². The van der Waals surface area contributed by atoms with E-state index in [2.05, 4.69) is 0 Å². The van der Waals surface area contributed by atoms with Crippen LogP contribution in [0.15, 0.2) is 6.07 Å². The van der Waals surface area contributed by atoms with Gasteiger partial charge in [-0.15, -0.1) is 0 Å². The Morgan fingerprint density at radius 1 is 1.47 bits per heavy atom. The molecule has 0 unspecified atom stereocenters. The summed E-state index contributed by atoms with van der Waals surface area (Å²) in [6.45, 7) is 3.32. The van der Waals surface area contributed by atoms with Gasteiger partial charge >= 0.3 is 5.97 Å². The van der Waals surface area contributed by atoms with Crippen LogP contribution in [0, 0.1) is 6.92 Å². The van der Waals surface area contributed by atoms with Crippen molar-refractivity contribution >= 4 is 5.97 Å². The molecule has 80 valence electrons. The Bertz CT molecular complexity index is 437. The van der Waals surface area contributed by atoms with Gasteiger partial charge in [-0.3, -0.25) is 0 Å². The second-order valence-corrected chi connectivity index (χ2v) is 3.82. The summed E-state index contributed by atoms with van der Waals surface area (Å²) in [5.41, 5.74) is 1.13. The largest absolute Gasteiger partial charge is 0.508 e. The lowest BCUT2D eigenvalue weighted by molar-refractivity contribution is 0.0296. The molecule has 15 heavy (non-hydrogen) atoms. The van der Waals surface area contributed by atoms with Crippen LogP contribution in [0.25, 0.3) is 0 Å². The van der Waals surface area contributed by atoms with Gasteiger partial charge in [0, 0.05) is 12.0 Å². The number of fused-ring (bicyclic) bond motifs is 1. The Balaban J connectivity index is 2.66. The van der Waals surface area contributed by atoms with Crippen LogP contribution in [-0.2, 0) is 11.2 Å². The average molecular weight is 208 g/mol. The lowest BCUT2D eigenvalue weighted by atomic mass is 9.95. The number of phenolic OH excluding ortho intramolecular Hbond substituents is 2. The van der Waals surface area contributed by atoms with Crippen LogP contribution in [0.1, 0.15) is 28.4 Å². The molecule has 0 fully saturated rings. The first-order valence-electron chi connectivity index (χ1n) is 4.76. The van der Waals surface area contributed by atoms with E-state index in [-0.39, 0.29) is 23.2 Å². The van der Waals surface area contributed by atoms with Crippen LogP contribution in [0.2, 0.25) is 0 Å². The van der Waals surface area contributed by atoms with Crippen molar-refractivity contribution in [1.29, 1.82) is 0 Å². The average Bonchev–Trinajstić information content (AvgIpc) is 2.13. The molecule has 1 aromatic carbocycles. The normalized spacial score (nSPS) is 19.6. The molecule has 4 heteroatoms. The number of phenols is 2. The lowest BCUT2D eigenvalue weighted by Crippen LogP contribution is -2.25. The molecule has 1 aliphatic rings. The smallest absolute Gasteiger partial charge is 0.342 e. The number of esters is 1. The van der Waals surface area contributed by atoms with Crippen LogP contribution in [0.3, 0.4) is 0 Å². The Kier molecular flexibility index (Phi) is 2.07. The molecule has 4 nitrogen and oxygen atoms in total. The highest BCUT2D eigenvalue weighted by atomic mass is 16.5. The van der Waals surface area contributed by atoms with E-state index in [1.807, 2.05) is 0 Å². The number of ether oxygens (including phenoxy) is 1. The molecular weight excluding hydrogens is 196 g/mol. The molecule has 1 aliphatic heterocycles. The molecule has 0 bridgehead atoms. The summed E-state index contributed by atoms with van der Waals surface area (Å²) in [6, 6.07) is 1.52. The monoisotopic (exact) mass is 208 g/mol. The van der Waals surface area contributed by atoms with Crippen molar-refractivity contribution in [3.63, 3.8) is 0 Å². The van der Waals surface area contributed by atoms with Crippen LogP contribution in [0.4, 0.5) is 0 Å². The predicted molar refractivity (Wildman–Crippen MR) is 53.1 cm³/mol. The fraction of sp³-hybridized carbons (Fsp3) is 0.364. The molecule has 2 rings (SSSR count). The van der Waals surface area contributed by atoms with Crippen molar-refractivity contribution in [3.8, 4) is 11.5 Å². The number of hydrogen-bond acceptors (Lipinski definition) is 4. The fourth-order valence-corrected chi connectivity index (χ4v) is 1.79. The highest BCUT2D eigenvalue weighted by Gasteiger charge is 2.28. The maximum Gasteiger partial charge on any atom is 0.342 e. The van der Waals surface area contributed by atoms with Gasteiger partial charge in [0.25, 0.3) is 0 Å². The van der Waals surface area contributed by atoms with Gasteiger partial charge in [0.2, 0.25) is 0 Å². The second kappa shape index (κ2) is 3.15. The number of rotatable bonds is 0. The Labute approximate surface area is 87.1 Å². The number of benzene rings is 1. The van der Waals surface area contributed by atoms with Gasteiger partial charge < -0.3 is 14.9 Å². The van der Waals surface area contributed by atoms with Crippen LogP contribution >= 0.6 is 0 Å². The molecule has 2 N–H and O–H groups in total. The van der Waals surface area contributed by atoms with E-state index in [0.717, 1.165) is 0 Å². The molecule has 0 aliphatic carbocycles. The van der Waals surface area contributed by atoms with Gasteiger partial charge in [0.1, 0.15) is 23.2 Å². The van der Waals surface area contributed by atoms with Gasteiger partial charge in [-0.2, -0.15) is 0 Å². The summed E-state index contributed by atoms with van der Waals surface area (Å²) < 4.78 is 5.01. The highest BCUT2D eigenvalue weighted by Crippen LogP contribution is 2.36. The summed E-state index contributed by atoms with van der Waals surface area (Å²) in [6.07, 6.45) is 0.300. The topological polar surface area (TPSA) is 66.8 Å². The number of cyclic esters (lactones) is 1. The molecule has 0 saturated heterocycles. The van der Waals surface area contributed by atoms with Gasteiger partial charge in [-0.1, -0.05) is 0 Å². The van der Waals surface area contributed by atoms with Gasteiger partial charge in [0.05, 0.1) is 0 Å². The summed E-state index contributed by atoms with van der Waals surface area (Å²) in [5, 5.41) is 19.2. The lowest BCUT2D eigenvalue weighted by Gasteiger charge is -2.23. The second-order valence-electron chi connectivity index (χ2n) is 3.82. The van der Waals surface area contributed by atoms with Gasteiger partial charge in [0.15, 0.2) is 0 Å². The maximum absolute atomic E-state index is 11.5. The molecule has 0 amide bonds. The third-order valence-electron chi connectivity index (χ3n) is 2.63. The zero-order valence-corrected chi connectivity index (χ0v) is 8.57. The summed E-state index contributed by atoms with van der Waals surface area (Å²) >= 11 is 0. The standard InChI is InChI=1S/C11H12O4/c1-5-3-7-4-8(12)6(2)10(13)9(7)11(14)15-5/h4-5,12-13H,3H2,1-2H3/t5-/m0/s1. The zero-order valence-electron chi connectivity index (χ0n) is 8.57. The molecule has 0 saturated carbocycles. The molecular formula is C11H12O4. The van der Waals surface area contributed by atoms with E-state index >= 15 is 0 Å². The Morgan fingerprint density at radius 2 is 2.13 bits per heavy atom. The van der Waals surface area contributed by atoms with Crippen LogP contribution in [-0.4, -0.2) is 22.3 Å². The summed E-state index contributed by atoms with van der Waals surface area (Å²) in [4.78, 5) is 11.5. The zero-order chi connectivity index (χ0) is 11.2. The summed E-state index contributed by atoms with van der Waals surface area (Å²) in [5.74, 6) is -0.695. The molecule has 1 atom stereocenters. The van der Waals surface area contributed by atoms with E-state index in [1.165, 1.54) is 6.07 Å². The first kappa shape index (κ1) is 9.83. The van der Waals surface area contributed by atoms with Crippen LogP contribution < -0.4 is 0 Å². The van der Waals surface area contributed by atoms with Crippen molar-refractivity contribution in [1.82, 2.24) is 0 Å².